The lowest BCUT2D eigenvalue weighted by Crippen LogP contribution is -2.57. The smallest absolute Gasteiger partial charge is 0.360 e. The predicted molar refractivity (Wildman–Crippen MR) is 155 cm³/mol. The van der Waals surface area contributed by atoms with Crippen LogP contribution in [0.5, 0.6) is 0 Å². The zero-order valence-electron chi connectivity index (χ0n) is 24.0. The Kier molecular flexibility index (Phi) is 9.52. The normalized spacial score (nSPS) is 28.4. The van der Waals surface area contributed by atoms with Crippen LogP contribution in [0, 0.1) is 5.92 Å². The van der Waals surface area contributed by atoms with Gasteiger partial charge in [-0.2, -0.15) is 0 Å². The number of aliphatic carboxylic acids is 1. The number of rotatable bonds is 8. The van der Waals surface area contributed by atoms with Crippen molar-refractivity contribution in [1.82, 2.24) is 14.5 Å². The van der Waals surface area contributed by atoms with Gasteiger partial charge < -0.3 is 19.2 Å². The topological polar surface area (TPSA) is 106 Å². The van der Waals surface area contributed by atoms with Gasteiger partial charge in [0.1, 0.15) is 6.61 Å². The maximum atomic E-state index is 14.0. The highest BCUT2D eigenvalue weighted by atomic mass is 16.6. The second-order valence-electron chi connectivity index (χ2n) is 12.0. The summed E-state index contributed by atoms with van der Waals surface area (Å²) >= 11 is 0. The third-order valence-electron chi connectivity index (χ3n) is 9.21. The van der Waals surface area contributed by atoms with Crippen LogP contribution in [0.25, 0.3) is 11.0 Å². The quantitative estimate of drug-likeness (QED) is 0.274. The zero-order valence-corrected chi connectivity index (χ0v) is 24.0. The Hall–Kier alpha value is -2.78. The number of hydrogen-bond acceptors (Lipinski definition) is 7. The van der Waals surface area contributed by atoms with E-state index in [-0.39, 0.29) is 24.9 Å². The Morgan fingerprint density at radius 3 is 2.35 bits per heavy atom. The van der Waals surface area contributed by atoms with Crippen molar-refractivity contribution in [2.45, 2.75) is 108 Å². The van der Waals surface area contributed by atoms with Crippen LogP contribution in [0.2, 0.25) is 0 Å². The van der Waals surface area contributed by atoms with Crippen molar-refractivity contribution in [3.05, 3.63) is 40.3 Å². The Balaban J connectivity index is 1.49. The van der Waals surface area contributed by atoms with E-state index in [1.165, 1.54) is 58.5 Å². The standard InChI is InChI=1S/C31H44N4O5/c1-21-10-5-3-4-6-11-22(18-21)34-23-12-9-13-24(34)20-25(19-23)35-27-15-8-7-14-26(27)32-28(30(35)36)29(31(37)38)33-40-17-16-39-2/h7-8,14-15,21-25H,3-6,9-13,16-20H2,1-2H3,(H,37,38)/b33-29-/t21-,22-,23-,24+,25?/m1/s1. The average molecular weight is 553 g/mol. The summed E-state index contributed by atoms with van der Waals surface area (Å²) in [4.78, 5) is 38.7. The molecule has 1 aromatic carbocycles. The Bertz CT molecular complexity index is 1250. The molecule has 1 aromatic heterocycles. The van der Waals surface area contributed by atoms with Crippen molar-refractivity contribution >= 4 is 22.7 Å². The van der Waals surface area contributed by atoms with E-state index in [2.05, 4.69) is 22.0 Å². The van der Waals surface area contributed by atoms with Crippen LogP contribution in [0.4, 0.5) is 0 Å². The highest BCUT2D eigenvalue weighted by molar-refractivity contribution is 6.41. The number of carboxylic acid groups (broad SMARTS) is 1. The highest BCUT2D eigenvalue weighted by Crippen LogP contribution is 2.43. The number of carboxylic acids is 1. The monoisotopic (exact) mass is 552 g/mol. The molecule has 2 bridgehead atoms. The Morgan fingerprint density at radius 1 is 0.950 bits per heavy atom. The molecular formula is C31H44N4O5. The number of aromatic nitrogens is 2. The number of oxime groups is 1. The van der Waals surface area contributed by atoms with Gasteiger partial charge in [-0.15, -0.1) is 0 Å². The predicted octanol–water partition coefficient (Wildman–Crippen LogP) is 5.16. The average Bonchev–Trinajstić information content (AvgIpc) is 3.04. The molecule has 1 saturated carbocycles. The third-order valence-corrected chi connectivity index (χ3v) is 9.21. The van der Waals surface area contributed by atoms with Crippen LogP contribution >= 0.6 is 0 Å². The number of hydrogen-bond donors (Lipinski definition) is 1. The number of nitrogens with zero attached hydrogens (tertiary/aromatic N) is 4. The molecule has 0 amide bonds. The second kappa shape index (κ2) is 13.3. The van der Waals surface area contributed by atoms with E-state index < -0.39 is 17.2 Å². The van der Waals surface area contributed by atoms with Gasteiger partial charge in [-0.1, -0.05) is 62.7 Å². The Labute approximate surface area is 236 Å². The van der Waals surface area contributed by atoms with Gasteiger partial charge in [0.25, 0.3) is 5.56 Å². The molecule has 2 saturated heterocycles. The van der Waals surface area contributed by atoms with Crippen molar-refractivity contribution in [3.8, 4) is 0 Å². The lowest BCUT2D eigenvalue weighted by Gasteiger charge is -2.53. The van der Waals surface area contributed by atoms with Crippen LogP contribution < -0.4 is 5.56 Å². The lowest BCUT2D eigenvalue weighted by atomic mass is 9.78. The van der Waals surface area contributed by atoms with E-state index in [9.17, 15) is 14.7 Å². The minimum atomic E-state index is -1.34. The molecule has 0 radical (unpaired) electrons. The van der Waals surface area contributed by atoms with Crippen LogP contribution in [0.1, 0.15) is 95.7 Å². The lowest BCUT2D eigenvalue weighted by molar-refractivity contribution is -0.129. The first-order chi connectivity index (χ1) is 19.5. The molecule has 9 heteroatoms. The van der Waals surface area contributed by atoms with Crippen LogP contribution in [0.3, 0.4) is 0 Å². The molecule has 218 valence electrons. The van der Waals surface area contributed by atoms with E-state index in [1.807, 2.05) is 28.8 Å². The number of methoxy groups -OCH3 is 1. The molecule has 1 unspecified atom stereocenters. The van der Waals surface area contributed by atoms with Crippen molar-refractivity contribution < 1.29 is 19.5 Å². The van der Waals surface area contributed by atoms with Crippen molar-refractivity contribution in [3.63, 3.8) is 0 Å². The fraction of sp³-hybridized carbons (Fsp3) is 0.677. The SMILES string of the molecule is COCCO/N=C(\C(=O)O)c1nc2ccccc2n(C2C[C@H]3CCC[C@@H](C2)N3[C@@H]2CCCCCC[C@@H](C)C2)c1=O. The molecule has 9 nitrogen and oxygen atoms in total. The van der Waals surface area contributed by atoms with Crippen molar-refractivity contribution in [1.29, 1.82) is 0 Å². The molecule has 5 rings (SSSR count). The van der Waals surface area contributed by atoms with Crippen LogP contribution in [0.15, 0.2) is 34.2 Å². The zero-order chi connectivity index (χ0) is 28.1. The molecule has 2 aromatic rings. The maximum Gasteiger partial charge on any atom is 0.360 e. The van der Waals surface area contributed by atoms with E-state index in [0.29, 0.717) is 23.6 Å². The van der Waals surface area contributed by atoms with E-state index in [1.54, 1.807) is 0 Å². The van der Waals surface area contributed by atoms with Gasteiger partial charge in [0, 0.05) is 31.3 Å². The van der Waals surface area contributed by atoms with E-state index in [0.717, 1.165) is 37.1 Å². The Morgan fingerprint density at radius 2 is 1.62 bits per heavy atom. The van der Waals surface area contributed by atoms with Gasteiger partial charge in [0.05, 0.1) is 17.6 Å². The van der Waals surface area contributed by atoms with Gasteiger partial charge >= 0.3 is 5.97 Å². The van der Waals surface area contributed by atoms with Crippen LogP contribution in [-0.4, -0.2) is 69.7 Å². The number of ether oxygens (including phenoxy) is 1. The number of piperidine rings is 2. The summed E-state index contributed by atoms with van der Waals surface area (Å²) in [5.74, 6) is -0.597. The first-order valence-corrected chi connectivity index (χ1v) is 15.2. The second-order valence-corrected chi connectivity index (χ2v) is 12.0. The molecule has 3 fully saturated rings. The number of carbonyl (C=O) groups is 1. The largest absolute Gasteiger partial charge is 0.476 e. The van der Waals surface area contributed by atoms with Crippen molar-refractivity contribution in [2.24, 2.45) is 11.1 Å². The van der Waals surface area contributed by atoms with Gasteiger partial charge in [-0.25, -0.2) is 9.78 Å². The molecular weight excluding hydrogens is 508 g/mol. The molecule has 3 aliphatic rings. The van der Waals surface area contributed by atoms with E-state index >= 15 is 0 Å². The van der Waals surface area contributed by atoms with Crippen LogP contribution in [-0.2, 0) is 14.4 Å². The summed E-state index contributed by atoms with van der Waals surface area (Å²) in [5.41, 5.74) is 0.261. The van der Waals surface area contributed by atoms with Gasteiger partial charge in [-0.3, -0.25) is 9.69 Å². The molecule has 40 heavy (non-hydrogen) atoms. The number of para-hydroxylation sites is 2. The molecule has 1 N–H and O–H groups in total. The first-order valence-electron chi connectivity index (χ1n) is 15.2. The molecule has 0 spiro atoms. The van der Waals surface area contributed by atoms with Gasteiger partial charge in [0.2, 0.25) is 5.71 Å². The third kappa shape index (κ3) is 6.25. The maximum absolute atomic E-state index is 14.0. The molecule has 5 atom stereocenters. The minimum Gasteiger partial charge on any atom is -0.476 e. The summed E-state index contributed by atoms with van der Waals surface area (Å²) in [7, 11) is 1.52. The summed E-state index contributed by atoms with van der Waals surface area (Å²) in [6.45, 7) is 2.76. The summed E-state index contributed by atoms with van der Waals surface area (Å²) in [6.07, 6.45) is 14.5. The van der Waals surface area contributed by atoms with Crippen molar-refractivity contribution in [2.75, 3.05) is 20.3 Å². The van der Waals surface area contributed by atoms with Gasteiger partial charge in [0.15, 0.2) is 5.69 Å². The van der Waals surface area contributed by atoms with E-state index in [4.69, 9.17) is 9.57 Å². The van der Waals surface area contributed by atoms with Gasteiger partial charge in [-0.05, 0) is 56.6 Å². The molecule has 1 aliphatic carbocycles. The molecule has 3 heterocycles. The molecule has 2 aliphatic heterocycles. The summed E-state index contributed by atoms with van der Waals surface area (Å²) < 4.78 is 6.78. The fourth-order valence-corrected chi connectivity index (χ4v) is 7.48. The summed E-state index contributed by atoms with van der Waals surface area (Å²) in [6, 6.07) is 8.97. The highest BCUT2D eigenvalue weighted by Gasteiger charge is 2.43. The number of benzene rings is 1. The summed E-state index contributed by atoms with van der Waals surface area (Å²) in [5, 5.41) is 13.7. The first kappa shape index (κ1) is 28.7. The minimum absolute atomic E-state index is 0.0242. The fourth-order valence-electron chi connectivity index (χ4n) is 7.48. The number of fused-ring (bicyclic) bond motifs is 3.